The fraction of sp³-hybridized carbons (Fsp3) is 0.348. The second-order valence-electron chi connectivity index (χ2n) is 8.63. The minimum Gasteiger partial charge on any atom is -0.487 e. The number of hydrogen-bond donors (Lipinski definition) is 1. The topological polar surface area (TPSA) is 72.3 Å². The molecule has 31 heavy (non-hydrogen) atoms. The average molecular weight is 438 g/mol. The van der Waals surface area contributed by atoms with Gasteiger partial charge in [0.1, 0.15) is 18.2 Å². The van der Waals surface area contributed by atoms with Gasteiger partial charge in [-0.15, -0.1) is 0 Å². The van der Waals surface area contributed by atoms with Crippen LogP contribution in [0.1, 0.15) is 19.0 Å². The number of nitrogens with one attached hydrogen (secondary N) is 1. The van der Waals surface area contributed by atoms with E-state index >= 15 is 0 Å². The lowest BCUT2D eigenvalue weighted by molar-refractivity contribution is 0.300. The maximum atomic E-state index is 12.6. The molecule has 1 saturated carbocycles. The van der Waals surface area contributed by atoms with Crippen LogP contribution >= 0.6 is 11.6 Å². The molecule has 7 nitrogen and oxygen atoms in total. The number of rotatable bonds is 6. The van der Waals surface area contributed by atoms with Crippen LogP contribution in [0.3, 0.4) is 0 Å². The average Bonchev–Trinajstić information content (AvgIpc) is 3.25. The van der Waals surface area contributed by atoms with Crippen molar-refractivity contribution in [1.29, 1.82) is 0 Å². The smallest absolute Gasteiger partial charge is 0.258 e. The van der Waals surface area contributed by atoms with E-state index in [1.165, 1.54) is 12.5 Å². The number of ether oxygens (including phenoxy) is 1. The Balaban J connectivity index is 1.27. The Kier molecular flexibility index (Phi) is 4.75. The molecule has 1 aliphatic carbocycles. The Hall–Kier alpha value is -2.90. The van der Waals surface area contributed by atoms with Gasteiger partial charge >= 0.3 is 0 Å². The predicted molar refractivity (Wildman–Crippen MR) is 120 cm³/mol. The highest BCUT2D eigenvalue weighted by molar-refractivity contribution is 6.30. The predicted octanol–water partition coefficient (Wildman–Crippen LogP) is 3.05. The zero-order valence-electron chi connectivity index (χ0n) is 17.5. The molecule has 2 fully saturated rings. The van der Waals surface area contributed by atoms with Crippen LogP contribution < -0.4 is 20.5 Å². The van der Waals surface area contributed by atoms with E-state index in [1.54, 1.807) is 41.4 Å². The highest BCUT2D eigenvalue weighted by Gasteiger charge is 2.68. The Morgan fingerprint density at radius 3 is 2.68 bits per heavy atom. The Bertz CT molecular complexity index is 1160. The van der Waals surface area contributed by atoms with E-state index in [-0.39, 0.29) is 17.7 Å². The van der Waals surface area contributed by atoms with Crippen LogP contribution in [0.2, 0.25) is 5.02 Å². The quantitative estimate of drug-likeness (QED) is 0.639. The van der Waals surface area contributed by atoms with E-state index < -0.39 is 0 Å². The van der Waals surface area contributed by atoms with Crippen molar-refractivity contribution in [3.63, 3.8) is 0 Å². The SMILES string of the molecule is CNC12CN(c3ccc(-n4ccc(OCc5ccc(Cl)cn5)cc4=O)cn3)CC1(C)C2. The molecule has 0 bridgehead atoms. The van der Waals surface area contributed by atoms with Crippen molar-refractivity contribution in [2.45, 2.75) is 25.5 Å². The van der Waals surface area contributed by atoms with Crippen molar-refractivity contribution >= 4 is 17.4 Å². The third kappa shape index (κ3) is 3.58. The second-order valence-corrected chi connectivity index (χ2v) is 9.06. The third-order valence-electron chi connectivity index (χ3n) is 6.60. The molecule has 0 amide bonds. The fourth-order valence-corrected chi connectivity index (χ4v) is 4.74. The van der Waals surface area contributed by atoms with E-state index in [0.29, 0.717) is 16.2 Å². The summed E-state index contributed by atoms with van der Waals surface area (Å²) in [5.41, 5.74) is 1.80. The van der Waals surface area contributed by atoms with Crippen LogP contribution in [-0.4, -0.2) is 40.2 Å². The number of anilines is 1. The van der Waals surface area contributed by atoms with Gasteiger partial charge in [-0.3, -0.25) is 14.3 Å². The highest BCUT2D eigenvalue weighted by atomic mass is 35.5. The van der Waals surface area contributed by atoms with Crippen molar-refractivity contribution in [2.75, 3.05) is 25.0 Å². The van der Waals surface area contributed by atoms with Gasteiger partial charge in [0.25, 0.3) is 5.56 Å². The molecule has 0 aromatic carbocycles. The van der Waals surface area contributed by atoms with Crippen molar-refractivity contribution in [2.24, 2.45) is 5.41 Å². The molecule has 1 aliphatic heterocycles. The van der Waals surface area contributed by atoms with Gasteiger partial charge in [-0.1, -0.05) is 18.5 Å². The van der Waals surface area contributed by atoms with Gasteiger partial charge in [-0.25, -0.2) is 4.98 Å². The van der Waals surface area contributed by atoms with Crippen LogP contribution in [0, 0.1) is 5.41 Å². The Morgan fingerprint density at radius 1 is 1.16 bits per heavy atom. The summed E-state index contributed by atoms with van der Waals surface area (Å²) in [6.45, 7) is 4.54. The first kappa shape index (κ1) is 20.0. The first-order valence-corrected chi connectivity index (χ1v) is 10.7. The van der Waals surface area contributed by atoms with Crippen LogP contribution in [0.5, 0.6) is 5.75 Å². The first-order valence-electron chi connectivity index (χ1n) is 10.3. The normalized spacial score (nSPS) is 24.2. The Morgan fingerprint density at radius 2 is 2.03 bits per heavy atom. The van der Waals surface area contributed by atoms with E-state index in [0.717, 1.165) is 30.3 Å². The summed E-state index contributed by atoms with van der Waals surface area (Å²) >= 11 is 5.84. The van der Waals surface area contributed by atoms with Gasteiger partial charge in [-0.2, -0.15) is 0 Å². The summed E-state index contributed by atoms with van der Waals surface area (Å²) in [7, 11) is 2.04. The molecular weight excluding hydrogens is 414 g/mol. The number of nitrogens with zero attached hydrogens (tertiary/aromatic N) is 4. The molecule has 0 spiro atoms. The van der Waals surface area contributed by atoms with Crippen molar-refractivity contribution in [1.82, 2.24) is 19.9 Å². The fourth-order valence-electron chi connectivity index (χ4n) is 4.63. The zero-order chi connectivity index (χ0) is 21.6. The molecule has 5 rings (SSSR count). The van der Waals surface area contributed by atoms with Crippen LogP contribution in [-0.2, 0) is 6.61 Å². The number of halogens is 1. The summed E-state index contributed by atoms with van der Waals surface area (Å²) < 4.78 is 7.24. The molecule has 3 aromatic heterocycles. The maximum Gasteiger partial charge on any atom is 0.258 e. The van der Waals surface area contributed by atoms with Crippen LogP contribution in [0.25, 0.3) is 5.69 Å². The molecule has 1 N–H and O–H groups in total. The minimum atomic E-state index is -0.180. The minimum absolute atomic E-state index is 0.180. The second kappa shape index (κ2) is 7.35. The number of fused-ring (bicyclic) bond motifs is 1. The zero-order valence-corrected chi connectivity index (χ0v) is 18.3. The van der Waals surface area contributed by atoms with E-state index in [2.05, 4.69) is 27.1 Å². The molecule has 2 aliphatic rings. The Labute approximate surface area is 185 Å². The maximum absolute atomic E-state index is 12.6. The number of likely N-dealkylation sites (N-methyl/N-ethyl adjacent to an activating group) is 1. The molecule has 160 valence electrons. The third-order valence-corrected chi connectivity index (χ3v) is 6.83. The van der Waals surface area contributed by atoms with Crippen LogP contribution in [0.15, 0.2) is 59.8 Å². The lowest BCUT2D eigenvalue weighted by Crippen LogP contribution is -2.36. The first-order chi connectivity index (χ1) is 14.9. The molecule has 4 heterocycles. The summed E-state index contributed by atoms with van der Waals surface area (Å²) in [4.78, 5) is 23.7. The molecule has 1 saturated heterocycles. The van der Waals surface area contributed by atoms with Crippen molar-refractivity contribution in [3.8, 4) is 11.4 Å². The lowest BCUT2D eigenvalue weighted by atomic mass is 10.1. The van der Waals surface area contributed by atoms with E-state index in [1.807, 2.05) is 19.2 Å². The van der Waals surface area contributed by atoms with E-state index in [9.17, 15) is 4.79 Å². The molecular formula is C23H24ClN5O2. The number of aromatic nitrogens is 3. The van der Waals surface area contributed by atoms with Gasteiger partial charge in [-0.05, 0) is 43.8 Å². The van der Waals surface area contributed by atoms with Gasteiger partial charge in [0.15, 0.2) is 0 Å². The molecule has 2 unspecified atom stereocenters. The standard InChI is InChI=1S/C23H24ClN5O2/c1-22-13-23(22,25-2)15-28(14-22)20-6-5-18(11-27-20)29-8-7-19(9-21(29)30)31-12-17-4-3-16(24)10-26-17/h3-11,25H,12-15H2,1-2H3. The van der Waals surface area contributed by atoms with E-state index in [4.69, 9.17) is 16.3 Å². The molecule has 0 radical (unpaired) electrons. The molecule has 2 atom stereocenters. The van der Waals surface area contributed by atoms with Gasteiger partial charge < -0.3 is 15.0 Å². The summed E-state index contributed by atoms with van der Waals surface area (Å²) in [5.74, 6) is 1.43. The number of hydrogen-bond acceptors (Lipinski definition) is 6. The molecule has 3 aromatic rings. The summed E-state index contributed by atoms with van der Waals surface area (Å²) in [6, 6.07) is 10.7. The summed E-state index contributed by atoms with van der Waals surface area (Å²) in [5, 5.41) is 4.06. The number of piperidine rings is 1. The van der Waals surface area contributed by atoms with Crippen LogP contribution in [0.4, 0.5) is 5.82 Å². The largest absolute Gasteiger partial charge is 0.487 e. The lowest BCUT2D eigenvalue weighted by Gasteiger charge is -2.22. The molecule has 8 heteroatoms. The number of pyridine rings is 3. The van der Waals surface area contributed by atoms with Crippen molar-refractivity contribution < 1.29 is 4.74 Å². The van der Waals surface area contributed by atoms with Crippen molar-refractivity contribution in [3.05, 3.63) is 76.1 Å². The summed E-state index contributed by atoms with van der Waals surface area (Å²) in [6.07, 6.45) is 6.22. The van der Waals surface area contributed by atoms with Gasteiger partial charge in [0, 0.05) is 42.5 Å². The van der Waals surface area contributed by atoms with Gasteiger partial charge in [0.05, 0.1) is 22.6 Å². The van der Waals surface area contributed by atoms with Gasteiger partial charge in [0.2, 0.25) is 0 Å². The highest BCUT2D eigenvalue weighted by Crippen LogP contribution is 2.60. The monoisotopic (exact) mass is 437 g/mol.